The number of carbonyl (C=O) groups is 2. The van der Waals surface area contributed by atoms with Crippen molar-refractivity contribution in [3.63, 3.8) is 0 Å². The van der Waals surface area contributed by atoms with Crippen molar-refractivity contribution in [1.29, 1.82) is 0 Å². The lowest BCUT2D eigenvalue weighted by Gasteiger charge is -2.41. The average molecular weight is 192 g/mol. The molecule has 0 aromatic heterocycles. The van der Waals surface area contributed by atoms with E-state index < -0.39 is 0 Å². The number of allylic oxidation sites excluding steroid dienone is 2. The first-order chi connectivity index (χ1) is 6.65. The smallest absolute Gasteiger partial charge is 0.133 e. The van der Waals surface area contributed by atoms with E-state index in [1.165, 1.54) is 11.1 Å². The maximum atomic E-state index is 11.4. The Hall–Kier alpha value is -0.920. The lowest BCUT2D eigenvalue weighted by atomic mass is 9.62. The van der Waals surface area contributed by atoms with Crippen molar-refractivity contribution in [2.75, 3.05) is 0 Å². The summed E-state index contributed by atoms with van der Waals surface area (Å²) in [5.41, 5.74) is 2.73. The second kappa shape index (κ2) is 3.34. The van der Waals surface area contributed by atoms with E-state index in [1.807, 2.05) is 0 Å². The molecule has 2 aliphatic rings. The molecule has 0 aliphatic heterocycles. The standard InChI is InChI=1S/C12H16O2/c1-7-11(8(2)14)4-3-9-5-10(6-13)12(7)9/h6-7,10-11H,3-5H2,1-2H3/t7-,10?,11+/m1/s1. The second-order valence-corrected chi connectivity index (χ2v) is 4.55. The van der Waals surface area contributed by atoms with Gasteiger partial charge in [0.2, 0.25) is 0 Å². The minimum Gasteiger partial charge on any atom is -0.303 e. The topological polar surface area (TPSA) is 34.1 Å². The van der Waals surface area contributed by atoms with Gasteiger partial charge in [0.25, 0.3) is 0 Å². The minimum atomic E-state index is 0.127. The van der Waals surface area contributed by atoms with Crippen molar-refractivity contribution in [1.82, 2.24) is 0 Å². The molecule has 1 unspecified atom stereocenters. The molecule has 76 valence electrons. The monoisotopic (exact) mass is 192 g/mol. The Bertz CT molecular complexity index is 314. The Kier molecular flexibility index (Phi) is 2.30. The summed E-state index contributed by atoms with van der Waals surface area (Å²) in [6, 6.07) is 0. The SMILES string of the molecule is CC(=O)[C@H]1CCC2=C(C(C=O)C2)[C@@H]1C. The van der Waals surface area contributed by atoms with Crippen LogP contribution in [0.3, 0.4) is 0 Å². The van der Waals surface area contributed by atoms with Crippen molar-refractivity contribution in [2.45, 2.75) is 33.1 Å². The summed E-state index contributed by atoms with van der Waals surface area (Å²) in [5, 5.41) is 0. The largest absolute Gasteiger partial charge is 0.303 e. The Morgan fingerprint density at radius 3 is 2.79 bits per heavy atom. The highest BCUT2D eigenvalue weighted by Gasteiger charge is 2.40. The predicted molar refractivity (Wildman–Crippen MR) is 53.8 cm³/mol. The fourth-order valence-electron chi connectivity index (χ4n) is 3.00. The van der Waals surface area contributed by atoms with E-state index in [1.54, 1.807) is 6.92 Å². The molecule has 2 heteroatoms. The summed E-state index contributed by atoms with van der Waals surface area (Å²) in [4.78, 5) is 22.1. The molecule has 2 nitrogen and oxygen atoms in total. The van der Waals surface area contributed by atoms with E-state index in [9.17, 15) is 9.59 Å². The van der Waals surface area contributed by atoms with Crippen LogP contribution in [0, 0.1) is 17.8 Å². The van der Waals surface area contributed by atoms with E-state index in [-0.39, 0.29) is 17.6 Å². The predicted octanol–water partition coefficient (Wildman–Crippen LogP) is 2.14. The Morgan fingerprint density at radius 2 is 2.21 bits per heavy atom. The molecule has 0 bridgehead atoms. The van der Waals surface area contributed by atoms with Crippen molar-refractivity contribution < 1.29 is 9.59 Å². The van der Waals surface area contributed by atoms with Gasteiger partial charge < -0.3 is 4.79 Å². The molecule has 0 spiro atoms. The van der Waals surface area contributed by atoms with Crippen LogP contribution in [0.5, 0.6) is 0 Å². The highest BCUT2D eigenvalue weighted by atomic mass is 16.1. The fraction of sp³-hybridized carbons (Fsp3) is 0.667. The average Bonchev–Trinajstić information content (AvgIpc) is 2.07. The van der Waals surface area contributed by atoms with Gasteiger partial charge in [0.05, 0.1) is 0 Å². The zero-order chi connectivity index (χ0) is 10.3. The van der Waals surface area contributed by atoms with E-state index >= 15 is 0 Å². The maximum Gasteiger partial charge on any atom is 0.133 e. The van der Waals surface area contributed by atoms with Gasteiger partial charge in [-0.1, -0.05) is 18.1 Å². The van der Waals surface area contributed by atoms with Crippen LogP contribution in [-0.2, 0) is 9.59 Å². The first-order valence-corrected chi connectivity index (χ1v) is 5.32. The van der Waals surface area contributed by atoms with Crippen LogP contribution < -0.4 is 0 Å². The van der Waals surface area contributed by atoms with Gasteiger partial charge in [-0.25, -0.2) is 0 Å². The van der Waals surface area contributed by atoms with Gasteiger partial charge in [0.15, 0.2) is 0 Å². The van der Waals surface area contributed by atoms with Gasteiger partial charge >= 0.3 is 0 Å². The third-order valence-corrected chi connectivity index (χ3v) is 3.81. The maximum absolute atomic E-state index is 11.4. The van der Waals surface area contributed by atoms with Gasteiger partial charge in [-0.05, 0) is 32.1 Å². The molecule has 0 saturated carbocycles. The molecule has 0 aromatic rings. The summed E-state index contributed by atoms with van der Waals surface area (Å²) in [5.74, 6) is 0.874. The molecule has 0 radical (unpaired) electrons. The first kappa shape index (κ1) is 9.63. The Labute approximate surface area is 84.4 Å². The second-order valence-electron chi connectivity index (χ2n) is 4.55. The molecular weight excluding hydrogens is 176 g/mol. The quantitative estimate of drug-likeness (QED) is 0.496. The highest BCUT2D eigenvalue weighted by molar-refractivity contribution is 5.80. The molecule has 0 saturated heterocycles. The van der Waals surface area contributed by atoms with E-state index in [0.717, 1.165) is 25.5 Å². The number of rotatable bonds is 2. The summed E-state index contributed by atoms with van der Waals surface area (Å²) in [7, 11) is 0. The van der Waals surface area contributed by atoms with E-state index in [4.69, 9.17) is 0 Å². The van der Waals surface area contributed by atoms with Gasteiger partial charge in [0, 0.05) is 11.8 Å². The summed E-state index contributed by atoms with van der Waals surface area (Å²) in [6.07, 6.45) is 4.01. The van der Waals surface area contributed by atoms with Crippen molar-refractivity contribution in [2.24, 2.45) is 17.8 Å². The molecule has 0 amide bonds. The molecule has 0 fully saturated rings. The number of hydrogen-bond acceptors (Lipinski definition) is 2. The number of ketones is 1. The van der Waals surface area contributed by atoms with Gasteiger partial charge in [-0.2, -0.15) is 0 Å². The molecule has 0 N–H and O–H groups in total. The van der Waals surface area contributed by atoms with E-state index in [2.05, 4.69) is 6.92 Å². The van der Waals surface area contributed by atoms with Crippen LogP contribution >= 0.6 is 0 Å². The molecule has 0 aromatic carbocycles. The summed E-state index contributed by atoms with van der Waals surface area (Å²) < 4.78 is 0. The van der Waals surface area contributed by atoms with Crippen LogP contribution in [0.15, 0.2) is 11.1 Å². The van der Waals surface area contributed by atoms with Gasteiger partial charge in [-0.15, -0.1) is 0 Å². The number of Topliss-reactive ketones (excluding diaryl/α,β-unsaturated/α-hetero) is 1. The number of carbonyl (C=O) groups excluding carboxylic acids is 2. The fourth-order valence-corrected chi connectivity index (χ4v) is 3.00. The zero-order valence-electron chi connectivity index (χ0n) is 8.75. The first-order valence-electron chi connectivity index (χ1n) is 5.32. The minimum absolute atomic E-state index is 0.127. The molecule has 2 aliphatic carbocycles. The number of aldehydes is 1. The summed E-state index contributed by atoms with van der Waals surface area (Å²) in [6.45, 7) is 3.76. The van der Waals surface area contributed by atoms with Crippen LogP contribution in [0.2, 0.25) is 0 Å². The van der Waals surface area contributed by atoms with Crippen LogP contribution in [-0.4, -0.2) is 12.1 Å². The zero-order valence-corrected chi connectivity index (χ0v) is 8.75. The van der Waals surface area contributed by atoms with E-state index in [0.29, 0.717) is 5.92 Å². The van der Waals surface area contributed by atoms with Crippen molar-refractivity contribution in [3.05, 3.63) is 11.1 Å². The number of hydrogen-bond donors (Lipinski definition) is 0. The van der Waals surface area contributed by atoms with Crippen LogP contribution in [0.25, 0.3) is 0 Å². The molecule has 14 heavy (non-hydrogen) atoms. The molecular formula is C12H16O2. The summed E-state index contributed by atoms with van der Waals surface area (Å²) >= 11 is 0. The van der Waals surface area contributed by atoms with Crippen molar-refractivity contribution in [3.8, 4) is 0 Å². The Balaban J connectivity index is 2.22. The van der Waals surface area contributed by atoms with Crippen LogP contribution in [0.4, 0.5) is 0 Å². The van der Waals surface area contributed by atoms with Gasteiger partial charge in [-0.3, -0.25) is 4.79 Å². The third-order valence-electron chi connectivity index (χ3n) is 3.81. The Morgan fingerprint density at radius 1 is 1.50 bits per heavy atom. The highest BCUT2D eigenvalue weighted by Crippen LogP contribution is 2.48. The lowest BCUT2D eigenvalue weighted by Crippen LogP contribution is -2.35. The van der Waals surface area contributed by atoms with Crippen molar-refractivity contribution >= 4 is 12.1 Å². The third kappa shape index (κ3) is 1.24. The normalized spacial score (nSPS) is 36.0. The van der Waals surface area contributed by atoms with Gasteiger partial charge in [0.1, 0.15) is 12.1 Å². The lowest BCUT2D eigenvalue weighted by molar-refractivity contribution is -0.123. The van der Waals surface area contributed by atoms with Crippen LogP contribution in [0.1, 0.15) is 33.1 Å². The molecule has 0 heterocycles. The molecule has 2 rings (SSSR count). The molecule has 3 atom stereocenters.